The van der Waals surface area contributed by atoms with Gasteiger partial charge in [0.15, 0.2) is 0 Å². The summed E-state index contributed by atoms with van der Waals surface area (Å²) in [6, 6.07) is 3.48. The van der Waals surface area contributed by atoms with Crippen LogP contribution in [0.15, 0.2) is 18.2 Å². The quantitative estimate of drug-likeness (QED) is 0.825. The van der Waals surface area contributed by atoms with Gasteiger partial charge in [0, 0.05) is 39.3 Å². The minimum absolute atomic E-state index is 0.0836. The van der Waals surface area contributed by atoms with E-state index in [1.54, 1.807) is 12.1 Å². The van der Waals surface area contributed by atoms with E-state index in [0.29, 0.717) is 16.4 Å². The third-order valence-corrected chi connectivity index (χ3v) is 5.40. The Bertz CT molecular complexity index is 554. The average Bonchev–Trinajstić information content (AvgIpc) is 2.88. The van der Waals surface area contributed by atoms with E-state index in [1.165, 1.54) is 17.4 Å². The topological polar surface area (TPSA) is 83.5 Å². The van der Waals surface area contributed by atoms with Gasteiger partial charge in [0.2, 0.25) is 0 Å². The minimum atomic E-state index is -1.01. The van der Waals surface area contributed by atoms with Crippen LogP contribution in [0, 0.1) is 0 Å². The highest BCUT2D eigenvalue weighted by molar-refractivity contribution is 7.85. The molecule has 0 saturated carbocycles. The number of carboxylic acid groups (broad SMARTS) is 1. The lowest BCUT2D eigenvalue weighted by molar-refractivity contribution is -0.131. The normalized spacial score (nSPS) is 22.8. The Morgan fingerprint density at radius 3 is 2.70 bits per heavy atom. The van der Waals surface area contributed by atoms with E-state index in [2.05, 4.69) is 5.32 Å². The summed E-state index contributed by atoms with van der Waals surface area (Å²) in [5, 5.41) is 11.5. The van der Waals surface area contributed by atoms with Crippen molar-refractivity contribution in [1.29, 1.82) is 0 Å². The number of hydrogen-bond acceptors (Lipinski definition) is 4. The van der Waals surface area contributed by atoms with Crippen molar-refractivity contribution in [3.63, 3.8) is 0 Å². The van der Waals surface area contributed by atoms with Crippen LogP contribution in [-0.4, -0.2) is 38.7 Å². The monoisotopic (exact) mass is 313 g/mol. The zero-order valence-corrected chi connectivity index (χ0v) is 12.3. The summed E-state index contributed by atoms with van der Waals surface area (Å²) < 4.78 is 11.2. The molecule has 1 aromatic heterocycles. The number of thiophene rings is 1. The Hall–Kier alpha value is -1.47. The Morgan fingerprint density at radius 1 is 1.35 bits per heavy atom. The highest BCUT2D eigenvalue weighted by Gasteiger charge is 2.20. The number of amides is 1. The molecule has 2 rings (SSSR count). The number of carboxylic acids is 1. The van der Waals surface area contributed by atoms with Gasteiger partial charge in [-0.2, -0.15) is 0 Å². The van der Waals surface area contributed by atoms with Crippen LogP contribution in [0.2, 0.25) is 0 Å². The molecular formula is C13H15NO4S2. The number of carbonyl (C=O) groups excluding carboxylic acids is 1. The van der Waals surface area contributed by atoms with E-state index in [1.807, 2.05) is 0 Å². The highest BCUT2D eigenvalue weighted by atomic mass is 32.2. The molecule has 2 heterocycles. The molecule has 1 amide bonds. The second-order valence-corrected chi connectivity index (χ2v) is 7.28. The van der Waals surface area contributed by atoms with Crippen molar-refractivity contribution >= 4 is 40.1 Å². The highest BCUT2D eigenvalue weighted by Crippen LogP contribution is 2.19. The van der Waals surface area contributed by atoms with Crippen molar-refractivity contribution in [2.75, 3.05) is 11.5 Å². The summed E-state index contributed by atoms with van der Waals surface area (Å²) in [4.78, 5) is 23.7. The van der Waals surface area contributed by atoms with E-state index in [-0.39, 0.29) is 11.9 Å². The summed E-state index contributed by atoms with van der Waals surface area (Å²) >= 11 is 1.25. The van der Waals surface area contributed by atoms with Crippen LogP contribution in [0.5, 0.6) is 0 Å². The first-order chi connectivity index (χ1) is 9.54. The van der Waals surface area contributed by atoms with Crippen LogP contribution in [0.4, 0.5) is 0 Å². The van der Waals surface area contributed by atoms with E-state index in [4.69, 9.17) is 5.11 Å². The van der Waals surface area contributed by atoms with Gasteiger partial charge < -0.3 is 10.4 Å². The second-order valence-electron chi connectivity index (χ2n) is 4.47. The minimum Gasteiger partial charge on any atom is -0.478 e. The zero-order valence-electron chi connectivity index (χ0n) is 10.7. The first-order valence-corrected chi connectivity index (χ1v) is 8.52. The summed E-state index contributed by atoms with van der Waals surface area (Å²) in [7, 11) is -0.737. The van der Waals surface area contributed by atoms with Gasteiger partial charge in [0.25, 0.3) is 5.91 Å². The maximum absolute atomic E-state index is 12.0. The average molecular weight is 313 g/mol. The van der Waals surface area contributed by atoms with Gasteiger partial charge in [0.1, 0.15) is 0 Å². The summed E-state index contributed by atoms with van der Waals surface area (Å²) in [6.07, 6.45) is 4.00. The van der Waals surface area contributed by atoms with Crippen LogP contribution < -0.4 is 5.32 Å². The maximum atomic E-state index is 12.0. The van der Waals surface area contributed by atoms with E-state index in [0.717, 1.165) is 23.8 Å². The molecule has 5 nitrogen and oxygen atoms in total. The van der Waals surface area contributed by atoms with Gasteiger partial charge >= 0.3 is 5.97 Å². The Labute approximate surface area is 123 Å². The lowest BCUT2D eigenvalue weighted by atomic mass is 10.1. The Morgan fingerprint density at radius 2 is 2.05 bits per heavy atom. The molecule has 0 radical (unpaired) electrons. The first-order valence-electron chi connectivity index (χ1n) is 6.21. The molecule has 1 aliphatic rings. The van der Waals surface area contributed by atoms with Crippen molar-refractivity contribution in [3.05, 3.63) is 28.0 Å². The lowest BCUT2D eigenvalue weighted by Crippen LogP contribution is -2.39. The van der Waals surface area contributed by atoms with Gasteiger partial charge in [-0.3, -0.25) is 9.00 Å². The van der Waals surface area contributed by atoms with Gasteiger partial charge in [0.05, 0.1) is 4.88 Å². The third kappa shape index (κ3) is 4.28. The fourth-order valence-electron chi connectivity index (χ4n) is 1.91. The van der Waals surface area contributed by atoms with Crippen LogP contribution in [0.25, 0.3) is 6.08 Å². The van der Waals surface area contributed by atoms with Crippen molar-refractivity contribution < 1.29 is 18.9 Å². The molecule has 0 aliphatic carbocycles. The molecular weight excluding hydrogens is 298 g/mol. The smallest absolute Gasteiger partial charge is 0.328 e. The summed E-state index contributed by atoms with van der Waals surface area (Å²) in [5.41, 5.74) is 0. The van der Waals surface area contributed by atoms with Crippen LogP contribution in [0.3, 0.4) is 0 Å². The molecule has 20 heavy (non-hydrogen) atoms. The standard InChI is InChI=1S/C13H15NO4S2/c15-12(16)4-2-10-1-3-11(19-10)13(17)14-9-5-7-20(18)8-6-9/h1-4,9H,5-8H2,(H,14,17)(H,15,16)/b4-2+. The van der Waals surface area contributed by atoms with E-state index >= 15 is 0 Å². The number of aliphatic carboxylic acids is 1. The second kappa shape index (κ2) is 6.81. The fourth-order valence-corrected chi connectivity index (χ4v) is 4.03. The predicted molar refractivity (Wildman–Crippen MR) is 79.4 cm³/mol. The number of nitrogens with one attached hydrogen (secondary N) is 1. The molecule has 0 spiro atoms. The molecule has 1 aliphatic heterocycles. The molecule has 108 valence electrons. The van der Waals surface area contributed by atoms with Crippen molar-refractivity contribution in [1.82, 2.24) is 5.32 Å². The molecule has 0 atom stereocenters. The molecule has 0 unspecified atom stereocenters. The predicted octanol–water partition coefficient (Wildman–Crippen LogP) is 1.49. The molecule has 2 N–H and O–H groups in total. The third-order valence-electron chi connectivity index (χ3n) is 2.96. The van der Waals surface area contributed by atoms with E-state index < -0.39 is 16.8 Å². The maximum Gasteiger partial charge on any atom is 0.328 e. The van der Waals surface area contributed by atoms with Crippen molar-refractivity contribution in [2.45, 2.75) is 18.9 Å². The molecule has 0 bridgehead atoms. The number of carbonyl (C=O) groups is 2. The Balaban J connectivity index is 1.92. The first kappa shape index (κ1) is 14.9. The van der Waals surface area contributed by atoms with Crippen LogP contribution in [-0.2, 0) is 15.6 Å². The van der Waals surface area contributed by atoms with Crippen LogP contribution in [0.1, 0.15) is 27.4 Å². The zero-order chi connectivity index (χ0) is 14.5. The molecule has 0 aromatic carbocycles. The molecule has 1 saturated heterocycles. The molecule has 1 fully saturated rings. The molecule has 1 aromatic rings. The SMILES string of the molecule is O=C(O)/C=C/c1ccc(C(=O)NC2CCS(=O)CC2)s1. The largest absolute Gasteiger partial charge is 0.478 e. The number of rotatable bonds is 4. The van der Waals surface area contributed by atoms with Crippen molar-refractivity contribution in [3.8, 4) is 0 Å². The van der Waals surface area contributed by atoms with Gasteiger partial charge in [-0.1, -0.05) is 0 Å². The van der Waals surface area contributed by atoms with Crippen molar-refractivity contribution in [2.24, 2.45) is 0 Å². The Kier molecular flexibility index (Phi) is 5.08. The van der Waals surface area contributed by atoms with Gasteiger partial charge in [-0.25, -0.2) is 4.79 Å². The fraction of sp³-hybridized carbons (Fsp3) is 0.385. The van der Waals surface area contributed by atoms with Gasteiger partial charge in [-0.05, 0) is 31.1 Å². The lowest BCUT2D eigenvalue weighted by Gasteiger charge is -2.22. The van der Waals surface area contributed by atoms with Crippen LogP contribution >= 0.6 is 11.3 Å². The van der Waals surface area contributed by atoms with Gasteiger partial charge in [-0.15, -0.1) is 11.3 Å². The molecule has 7 heteroatoms. The summed E-state index contributed by atoms with van der Waals surface area (Å²) in [5.74, 6) is 0.117. The van der Waals surface area contributed by atoms with E-state index in [9.17, 15) is 13.8 Å². The number of hydrogen-bond donors (Lipinski definition) is 2. The summed E-state index contributed by atoms with van der Waals surface area (Å²) in [6.45, 7) is 0.